The number of hydrogen-bond donors (Lipinski definition) is 1. The monoisotopic (exact) mass is 229 g/mol. The summed E-state index contributed by atoms with van der Waals surface area (Å²) in [6.07, 6.45) is 5.96. The Hall–Kier alpha value is -1.07. The van der Waals surface area contributed by atoms with Crippen molar-refractivity contribution >= 4 is 37.5 Å². The van der Waals surface area contributed by atoms with Crippen molar-refractivity contribution in [1.82, 2.24) is 4.98 Å². The maximum atomic E-state index is 3.50. The maximum Gasteiger partial charge on any atom is 0.0461 e. The first kappa shape index (κ1) is 9.18. The first-order chi connectivity index (χ1) is 7.16. The van der Waals surface area contributed by atoms with Crippen LogP contribution in [0.2, 0.25) is 4.66 Å². The molecule has 0 spiro atoms. The Labute approximate surface area is 95.4 Å². The Morgan fingerprint density at radius 2 is 2.00 bits per heavy atom. The van der Waals surface area contributed by atoms with Gasteiger partial charge in [0.25, 0.3) is 0 Å². The molecule has 0 aliphatic heterocycles. The zero-order valence-electron chi connectivity index (χ0n) is 9.17. The second-order valence-electron chi connectivity index (χ2n) is 5.06. The molecule has 3 rings (SSSR count). The summed E-state index contributed by atoms with van der Waals surface area (Å²) < 4.78 is 0.567. The molecule has 0 unspecified atom stereocenters. The van der Waals surface area contributed by atoms with Crippen molar-refractivity contribution in [3.8, 4) is 0 Å². The third-order valence-corrected chi connectivity index (χ3v) is 4.55. The summed E-state index contributed by atoms with van der Waals surface area (Å²) in [6, 6.07) is 8.64. The van der Waals surface area contributed by atoms with Crippen LogP contribution in [0.25, 0.3) is 17.0 Å². The van der Waals surface area contributed by atoms with Gasteiger partial charge in [0, 0.05) is 37.1 Å². The highest BCUT2D eigenvalue weighted by molar-refractivity contribution is 6.42. The van der Waals surface area contributed by atoms with Crippen molar-refractivity contribution in [3.63, 3.8) is 0 Å². The second kappa shape index (κ2) is 2.96. The van der Waals surface area contributed by atoms with Gasteiger partial charge in [0.1, 0.15) is 0 Å². The van der Waals surface area contributed by atoms with Crippen LogP contribution in [0.1, 0.15) is 11.3 Å². The quantitative estimate of drug-likeness (QED) is 0.636. The number of fused-ring (bicyclic) bond motifs is 3. The first-order valence-corrected chi connectivity index (χ1v) is 7.45. The average molecular weight is 229 g/mol. The molecule has 0 saturated heterocycles. The number of aromatic nitrogens is 1. The summed E-state index contributed by atoms with van der Waals surface area (Å²) >= 11 is 0. The molecular formula is C12H15NSi2. The van der Waals surface area contributed by atoms with E-state index < -0.39 is 0 Å². The van der Waals surface area contributed by atoms with E-state index in [2.05, 4.69) is 41.4 Å². The van der Waals surface area contributed by atoms with E-state index in [1.54, 1.807) is 0 Å². The third kappa shape index (κ3) is 1.43. The lowest BCUT2D eigenvalue weighted by atomic mass is 10.00. The summed E-state index contributed by atoms with van der Waals surface area (Å²) in [6.45, 7) is 0. The van der Waals surface area contributed by atoms with Gasteiger partial charge in [0.15, 0.2) is 0 Å². The fourth-order valence-corrected chi connectivity index (χ4v) is 3.42. The van der Waals surface area contributed by atoms with Crippen molar-refractivity contribution in [3.05, 3.63) is 41.6 Å². The fourth-order valence-electron chi connectivity index (χ4n) is 2.38. The molecule has 76 valence electrons. The van der Waals surface area contributed by atoms with Crippen LogP contribution in [0.4, 0.5) is 0 Å². The number of H-pyrrole nitrogens is 1. The molecule has 2 aromatic rings. The van der Waals surface area contributed by atoms with Crippen molar-refractivity contribution in [2.75, 3.05) is 0 Å². The largest absolute Gasteiger partial charge is 0.355 e. The molecule has 1 aliphatic carbocycles. The molecule has 1 nitrogen and oxygen atoms in total. The molecular weight excluding hydrogens is 214 g/mol. The minimum absolute atomic E-state index is 0.567. The number of nitrogens with one attached hydrogen (secondary N) is 1. The van der Waals surface area contributed by atoms with Crippen molar-refractivity contribution in [1.29, 1.82) is 0 Å². The first-order valence-electron chi connectivity index (χ1n) is 5.45. The molecule has 0 fully saturated rings. The molecule has 0 radical (unpaired) electrons. The van der Waals surface area contributed by atoms with Gasteiger partial charge in [-0.05, 0) is 28.8 Å². The molecule has 0 atom stereocenters. The molecule has 0 amide bonds. The summed E-state index contributed by atoms with van der Waals surface area (Å²) in [5.74, 6) is 0. The van der Waals surface area contributed by atoms with Gasteiger partial charge in [-0.1, -0.05) is 24.3 Å². The van der Waals surface area contributed by atoms with Crippen LogP contribution < -0.4 is 0 Å². The molecule has 1 aromatic carbocycles. The van der Waals surface area contributed by atoms with Crippen LogP contribution in [0, 0.1) is 0 Å². The summed E-state index contributed by atoms with van der Waals surface area (Å²) in [4.78, 5) is 3.50. The third-order valence-electron chi connectivity index (χ3n) is 3.18. The standard InChI is InChI=1S/C12H15NSi2/c14-12(15)6-5-11-9(7-12)8-3-1-2-4-10(8)13-11/h1-6,13H,7H2,14-15H3. The lowest BCUT2D eigenvalue weighted by Gasteiger charge is -2.24. The van der Waals surface area contributed by atoms with Crippen LogP contribution in [-0.2, 0) is 6.42 Å². The van der Waals surface area contributed by atoms with Gasteiger partial charge < -0.3 is 4.98 Å². The van der Waals surface area contributed by atoms with Gasteiger partial charge in [-0.15, -0.1) is 0 Å². The molecule has 3 heteroatoms. The highest BCUT2D eigenvalue weighted by Crippen LogP contribution is 2.36. The number of para-hydroxylation sites is 1. The van der Waals surface area contributed by atoms with E-state index in [-0.39, 0.29) is 0 Å². The van der Waals surface area contributed by atoms with E-state index in [0.29, 0.717) is 4.66 Å². The predicted molar refractivity (Wildman–Crippen MR) is 73.6 cm³/mol. The number of rotatable bonds is 0. The Bertz CT molecular complexity index is 552. The zero-order valence-corrected chi connectivity index (χ0v) is 13.2. The Balaban J connectivity index is 2.29. The summed E-state index contributed by atoms with van der Waals surface area (Å²) in [7, 11) is 2.55. The molecule has 0 saturated carbocycles. The van der Waals surface area contributed by atoms with E-state index in [1.165, 1.54) is 49.1 Å². The Morgan fingerprint density at radius 1 is 1.20 bits per heavy atom. The lowest BCUT2D eigenvalue weighted by molar-refractivity contribution is 0.909. The van der Waals surface area contributed by atoms with Crippen LogP contribution in [-0.4, -0.2) is 25.5 Å². The van der Waals surface area contributed by atoms with Gasteiger partial charge in [0.05, 0.1) is 0 Å². The zero-order chi connectivity index (χ0) is 10.5. The van der Waals surface area contributed by atoms with Crippen LogP contribution in [0.3, 0.4) is 0 Å². The van der Waals surface area contributed by atoms with Gasteiger partial charge in [0.2, 0.25) is 0 Å². The van der Waals surface area contributed by atoms with Gasteiger partial charge in [-0.2, -0.15) is 0 Å². The summed E-state index contributed by atoms with van der Waals surface area (Å²) in [5.41, 5.74) is 4.16. The molecule has 1 N–H and O–H groups in total. The van der Waals surface area contributed by atoms with Gasteiger partial charge in [-0.3, -0.25) is 0 Å². The van der Waals surface area contributed by atoms with Gasteiger partial charge in [-0.25, -0.2) is 0 Å². The highest BCUT2D eigenvalue weighted by Gasteiger charge is 2.23. The predicted octanol–water partition coefficient (Wildman–Crippen LogP) is 0.584. The second-order valence-corrected chi connectivity index (χ2v) is 11.6. The van der Waals surface area contributed by atoms with E-state index in [9.17, 15) is 0 Å². The molecule has 0 bridgehead atoms. The smallest absolute Gasteiger partial charge is 0.0461 e. The molecule has 1 aliphatic rings. The topological polar surface area (TPSA) is 15.8 Å². The van der Waals surface area contributed by atoms with Crippen LogP contribution >= 0.6 is 0 Å². The van der Waals surface area contributed by atoms with Crippen molar-refractivity contribution in [2.45, 2.75) is 11.1 Å². The van der Waals surface area contributed by atoms with E-state index >= 15 is 0 Å². The number of benzene rings is 1. The normalized spacial score (nSPS) is 24.8. The molecule has 15 heavy (non-hydrogen) atoms. The number of hydrogen-bond acceptors (Lipinski definition) is 0. The lowest BCUT2D eigenvalue weighted by Crippen LogP contribution is -2.16. The Kier molecular flexibility index (Phi) is 1.81. The van der Waals surface area contributed by atoms with Crippen molar-refractivity contribution in [2.24, 2.45) is 0 Å². The van der Waals surface area contributed by atoms with Crippen LogP contribution in [0.5, 0.6) is 0 Å². The van der Waals surface area contributed by atoms with Crippen LogP contribution in [0.15, 0.2) is 30.3 Å². The van der Waals surface area contributed by atoms with Gasteiger partial charge >= 0.3 is 0 Å². The van der Waals surface area contributed by atoms with E-state index in [1.807, 2.05) is 0 Å². The summed E-state index contributed by atoms with van der Waals surface area (Å²) in [5, 5.41) is 1.42. The maximum absolute atomic E-state index is 3.50. The minimum atomic E-state index is 0.567. The average Bonchev–Trinajstić information content (AvgIpc) is 2.55. The van der Waals surface area contributed by atoms with E-state index in [4.69, 9.17) is 0 Å². The number of aromatic amines is 1. The van der Waals surface area contributed by atoms with Crippen molar-refractivity contribution < 1.29 is 0 Å². The minimum Gasteiger partial charge on any atom is -0.355 e. The SMILES string of the molecule is [SiH3]C1([SiH3])C=Cc2[nH]c3ccccc3c2C1. The molecule has 1 aromatic heterocycles. The number of allylic oxidation sites excluding steroid dienone is 1. The fraction of sp³-hybridized carbons (Fsp3) is 0.167. The molecule has 1 heterocycles. The Morgan fingerprint density at radius 3 is 2.87 bits per heavy atom. The van der Waals surface area contributed by atoms with E-state index in [0.717, 1.165) is 0 Å². The highest BCUT2D eigenvalue weighted by atomic mass is 28.2.